The molecule has 112 valence electrons. The van der Waals surface area contributed by atoms with Crippen molar-refractivity contribution in [1.29, 1.82) is 0 Å². The lowest BCUT2D eigenvalue weighted by Gasteiger charge is -2.39. The van der Waals surface area contributed by atoms with Crippen LogP contribution in [0.25, 0.3) is 0 Å². The van der Waals surface area contributed by atoms with E-state index in [1.807, 2.05) is 13.8 Å². The highest BCUT2D eigenvalue weighted by molar-refractivity contribution is 7.89. The molecule has 0 radical (unpaired) electrons. The van der Waals surface area contributed by atoms with Gasteiger partial charge in [-0.25, -0.2) is 21.9 Å². The van der Waals surface area contributed by atoms with Crippen molar-refractivity contribution in [2.75, 3.05) is 13.1 Å². The van der Waals surface area contributed by atoms with Gasteiger partial charge in [0, 0.05) is 12.6 Å². The SMILES string of the molecule is CC1(C)CNCCC1NS(=O)(=O)c1cc(F)ccc1F. The third-order valence-corrected chi connectivity index (χ3v) is 5.10. The molecule has 20 heavy (non-hydrogen) atoms. The highest BCUT2D eigenvalue weighted by atomic mass is 32.2. The Kier molecular flexibility index (Phi) is 4.13. The summed E-state index contributed by atoms with van der Waals surface area (Å²) in [7, 11) is -4.08. The summed E-state index contributed by atoms with van der Waals surface area (Å²) in [6.07, 6.45) is 0.600. The number of halogens is 2. The van der Waals surface area contributed by atoms with E-state index in [-0.39, 0.29) is 11.5 Å². The first-order valence-electron chi connectivity index (χ1n) is 6.40. The predicted octanol–water partition coefficient (Wildman–Crippen LogP) is 1.63. The average Bonchev–Trinajstić information content (AvgIpc) is 2.34. The second-order valence-electron chi connectivity index (χ2n) is 5.70. The zero-order chi connectivity index (χ0) is 15.0. The molecule has 2 N–H and O–H groups in total. The molecule has 4 nitrogen and oxygen atoms in total. The molecule has 1 fully saturated rings. The number of hydrogen-bond donors (Lipinski definition) is 2. The van der Waals surface area contributed by atoms with Gasteiger partial charge in [0.2, 0.25) is 10.0 Å². The number of piperidine rings is 1. The molecule has 1 heterocycles. The maximum atomic E-state index is 13.6. The summed E-state index contributed by atoms with van der Waals surface area (Å²) in [5, 5.41) is 3.18. The number of rotatable bonds is 3. The van der Waals surface area contributed by atoms with Crippen LogP contribution in [0.5, 0.6) is 0 Å². The molecular formula is C13H18F2N2O2S. The lowest BCUT2D eigenvalue weighted by Crippen LogP contribution is -2.54. The molecule has 0 amide bonds. The number of nitrogens with one attached hydrogen (secondary N) is 2. The second kappa shape index (κ2) is 5.38. The molecule has 1 saturated heterocycles. The van der Waals surface area contributed by atoms with Gasteiger partial charge in [0.15, 0.2) is 0 Å². The third kappa shape index (κ3) is 3.16. The first-order chi connectivity index (χ1) is 9.22. The highest BCUT2D eigenvalue weighted by Crippen LogP contribution is 2.27. The van der Waals surface area contributed by atoms with Crippen LogP contribution < -0.4 is 10.0 Å². The van der Waals surface area contributed by atoms with Gasteiger partial charge in [-0.2, -0.15) is 0 Å². The predicted molar refractivity (Wildman–Crippen MR) is 71.7 cm³/mol. The summed E-state index contributed by atoms with van der Waals surface area (Å²) < 4.78 is 53.7. The van der Waals surface area contributed by atoms with Crippen LogP contribution in [0, 0.1) is 17.0 Å². The van der Waals surface area contributed by atoms with Gasteiger partial charge in [-0.15, -0.1) is 0 Å². The standard InChI is InChI=1S/C13H18F2N2O2S/c1-13(2)8-16-6-5-12(13)17-20(18,19)11-7-9(14)3-4-10(11)15/h3-4,7,12,16-17H,5-6,8H2,1-2H3. The monoisotopic (exact) mass is 304 g/mol. The van der Waals surface area contributed by atoms with Gasteiger partial charge in [-0.1, -0.05) is 13.8 Å². The molecule has 1 aliphatic rings. The van der Waals surface area contributed by atoms with Crippen molar-refractivity contribution >= 4 is 10.0 Å². The quantitative estimate of drug-likeness (QED) is 0.892. The second-order valence-corrected chi connectivity index (χ2v) is 7.39. The van der Waals surface area contributed by atoms with Crippen LogP contribution in [0.15, 0.2) is 23.1 Å². The van der Waals surface area contributed by atoms with Gasteiger partial charge < -0.3 is 5.32 Å². The Bertz CT molecular complexity index is 602. The number of sulfonamides is 1. The number of hydrogen-bond acceptors (Lipinski definition) is 3. The molecule has 0 saturated carbocycles. The fourth-order valence-electron chi connectivity index (χ4n) is 2.32. The Balaban J connectivity index is 2.29. The van der Waals surface area contributed by atoms with E-state index >= 15 is 0 Å². The van der Waals surface area contributed by atoms with E-state index in [0.29, 0.717) is 25.6 Å². The summed E-state index contributed by atoms with van der Waals surface area (Å²) in [5.74, 6) is -1.73. The van der Waals surface area contributed by atoms with Gasteiger partial charge in [0.1, 0.15) is 16.5 Å². The Hall–Kier alpha value is -1.05. The van der Waals surface area contributed by atoms with Crippen molar-refractivity contribution in [2.45, 2.75) is 31.2 Å². The van der Waals surface area contributed by atoms with Gasteiger partial charge in [-0.05, 0) is 36.6 Å². The maximum absolute atomic E-state index is 13.6. The first kappa shape index (κ1) is 15.3. The minimum absolute atomic E-state index is 0.297. The van der Waals surface area contributed by atoms with E-state index in [1.165, 1.54) is 0 Å². The zero-order valence-corrected chi connectivity index (χ0v) is 12.2. The molecule has 1 aliphatic heterocycles. The van der Waals surface area contributed by atoms with Crippen molar-refractivity contribution in [3.8, 4) is 0 Å². The molecule has 1 unspecified atom stereocenters. The van der Waals surface area contributed by atoms with Crippen LogP contribution in [0.3, 0.4) is 0 Å². The van der Waals surface area contributed by atoms with Crippen LogP contribution in [0.4, 0.5) is 8.78 Å². The normalized spacial score (nSPS) is 22.7. The van der Waals surface area contributed by atoms with E-state index in [1.54, 1.807) is 0 Å². The summed E-state index contributed by atoms with van der Waals surface area (Å²) in [4.78, 5) is -0.646. The zero-order valence-electron chi connectivity index (χ0n) is 11.4. The van der Waals surface area contributed by atoms with Crippen LogP contribution in [0.1, 0.15) is 20.3 Å². The molecule has 0 spiro atoms. The van der Waals surface area contributed by atoms with Gasteiger partial charge in [0.05, 0.1) is 0 Å². The minimum atomic E-state index is -4.08. The van der Waals surface area contributed by atoms with Crippen molar-refractivity contribution < 1.29 is 17.2 Å². The molecule has 1 aromatic carbocycles. The van der Waals surface area contributed by atoms with Gasteiger partial charge in [-0.3, -0.25) is 0 Å². The lowest BCUT2D eigenvalue weighted by molar-refractivity contribution is 0.206. The molecule has 0 bridgehead atoms. The summed E-state index contributed by atoms with van der Waals surface area (Å²) in [6, 6.07) is 2.09. The third-order valence-electron chi connectivity index (χ3n) is 3.61. The Labute approximate surface area is 117 Å². The van der Waals surface area contributed by atoms with E-state index in [0.717, 1.165) is 12.1 Å². The van der Waals surface area contributed by atoms with Gasteiger partial charge in [0.25, 0.3) is 0 Å². The van der Waals surface area contributed by atoms with Gasteiger partial charge >= 0.3 is 0 Å². The van der Waals surface area contributed by atoms with Crippen molar-refractivity contribution in [3.05, 3.63) is 29.8 Å². The van der Waals surface area contributed by atoms with Crippen molar-refractivity contribution in [3.63, 3.8) is 0 Å². The molecular weight excluding hydrogens is 286 g/mol. The fraction of sp³-hybridized carbons (Fsp3) is 0.538. The Morgan fingerprint density at radius 2 is 2.05 bits per heavy atom. The lowest BCUT2D eigenvalue weighted by atomic mass is 9.81. The van der Waals surface area contributed by atoms with Crippen LogP contribution >= 0.6 is 0 Å². The smallest absolute Gasteiger partial charge is 0.243 e. The summed E-state index contributed by atoms with van der Waals surface area (Å²) in [5.41, 5.74) is -0.297. The van der Waals surface area contributed by atoms with E-state index in [4.69, 9.17) is 0 Å². The van der Waals surface area contributed by atoms with Crippen molar-refractivity contribution in [1.82, 2.24) is 10.0 Å². The molecule has 7 heteroatoms. The summed E-state index contributed by atoms with van der Waals surface area (Å²) in [6.45, 7) is 5.19. The highest BCUT2D eigenvalue weighted by Gasteiger charge is 2.36. The van der Waals surface area contributed by atoms with Crippen LogP contribution in [-0.4, -0.2) is 27.5 Å². The maximum Gasteiger partial charge on any atom is 0.243 e. The molecule has 0 aliphatic carbocycles. The largest absolute Gasteiger partial charge is 0.316 e. The van der Waals surface area contributed by atoms with Crippen LogP contribution in [0.2, 0.25) is 0 Å². The molecule has 1 aromatic rings. The van der Waals surface area contributed by atoms with E-state index < -0.39 is 26.6 Å². The first-order valence-corrected chi connectivity index (χ1v) is 7.89. The topological polar surface area (TPSA) is 58.2 Å². The summed E-state index contributed by atoms with van der Waals surface area (Å²) >= 11 is 0. The van der Waals surface area contributed by atoms with E-state index in [9.17, 15) is 17.2 Å². The molecule has 2 rings (SSSR count). The Morgan fingerprint density at radius 3 is 2.70 bits per heavy atom. The molecule has 1 atom stereocenters. The van der Waals surface area contributed by atoms with Crippen molar-refractivity contribution in [2.24, 2.45) is 5.41 Å². The number of benzene rings is 1. The minimum Gasteiger partial charge on any atom is -0.316 e. The average molecular weight is 304 g/mol. The van der Waals surface area contributed by atoms with Crippen LogP contribution in [-0.2, 0) is 10.0 Å². The molecule has 0 aromatic heterocycles. The Morgan fingerprint density at radius 1 is 1.35 bits per heavy atom. The van der Waals surface area contributed by atoms with E-state index in [2.05, 4.69) is 10.0 Å². The fourth-order valence-corrected chi connectivity index (χ4v) is 3.85.